The number of carboxylic acids is 1. The molecule has 0 spiro atoms. The van der Waals surface area contributed by atoms with Crippen molar-refractivity contribution in [3.05, 3.63) is 125 Å². The molecule has 2 aromatic heterocycles. The molecule has 1 N–H and O–H groups in total. The van der Waals surface area contributed by atoms with Crippen LogP contribution in [0.2, 0.25) is 0 Å². The van der Waals surface area contributed by atoms with Crippen molar-refractivity contribution in [2.45, 2.75) is 31.1 Å². The Labute approximate surface area is 281 Å². The molecule has 0 saturated carbocycles. The van der Waals surface area contributed by atoms with E-state index in [2.05, 4.69) is 0 Å². The van der Waals surface area contributed by atoms with Crippen molar-refractivity contribution in [1.82, 2.24) is 8.96 Å². The van der Waals surface area contributed by atoms with Gasteiger partial charge < -0.3 is 14.4 Å². The second-order valence-corrected chi connectivity index (χ2v) is 17.7. The van der Waals surface area contributed by atoms with Crippen LogP contribution in [0.1, 0.15) is 28.8 Å². The van der Waals surface area contributed by atoms with Crippen LogP contribution in [0.5, 0.6) is 11.5 Å². The van der Waals surface area contributed by atoms with Crippen molar-refractivity contribution in [2.24, 2.45) is 0 Å². The summed E-state index contributed by atoms with van der Waals surface area (Å²) in [4.78, 5) is 15.8. The number of thiazole rings is 1. The number of carboxylic acid groups (broad SMARTS) is 1. The number of benzene rings is 4. The zero-order valence-electron chi connectivity index (χ0n) is 26.4. The van der Waals surface area contributed by atoms with Crippen LogP contribution in [0, 0.1) is 12.7 Å². The molecule has 8 nitrogen and oxygen atoms in total. The third-order valence-corrected chi connectivity index (χ3v) is 12.0. The van der Waals surface area contributed by atoms with Gasteiger partial charge in [-0.2, -0.15) is 0 Å². The van der Waals surface area contributed by atoms with Gasteiger partial charge in [0.15, 0.2) is 11.6 Å². The Bertz CT molecular complexity index is 2320. The molecule has 0 saturated heterocycles. The van der Waals surface area contributed by atoms with Crippen LogP contribution in [-0.2, 0) is 32.2 Å². The first-order valence-electron chi connectivity index (χ1n) is 15.0. The number of rotatable bonds is 11. The van der Waals surface area contributed by atoms with Crippen molar-refractivity contribution in [1.29, 1.82) is 0 Å². The van der Waals surface area contributed by atoms with E-state index in [4.69, 9.17) is 14.8 Å². The van der Waals surface area contributed by atoms with Gasteiger partial charge in [0, 0.05) is 41.4 Å². The number of fused-ring (bicyclic) bond motifs is 1. The number of nitrogens with zero attached hydrogens (tertiary/aromatic N) is 2. The van der Waals surface area contributed by atoms with Crippen LogP contribution in [0.4, 0.5) is 4.39 Å². The summed E-state index contributed by atoms with van der Waals surface area (Å²) < 4.78 is 63.8. The summed E-state index contributed by atoms with van der Waals surface area (Å²) >= 11 is 1.45. The molecule has 0 aliphatic heterocycles. The van der Waals surface area contributed by atoms with Gasteiger partial charge in [-0.05, 0) is 68.1 Å². The number of ether oxygens (including phenoxy) is 1. The van der Waals surface area contributed by atoms with Gasteiger partial charge in [-0.3, -0.25) is 4.79 Å². The van der Waals surface area contributed by atoms with Crippen molar-refractivity contribution in [3.8, 4) is 22.1 Å². The van der Waals surface area contributed by atoms with Gasteiger partial charge in [-0.25, -0.2) is 21.8 Å². The van der Waals surface area contributed by atoms with E-state index in [-0.39, 0.29) is 27.9 Å². The number of aromatic nitrogens is 2. The summed E-state index contributed by atoms with van der Waals surface area (Å²) in [6.07, 6.45) is 2.44. The van der Waals surface area contributed by atoms with E-state index in [9.17, 15) is 17.8 Å². The van der Waals surface area contributed by atoms with Gasteiger partial charge in [-0.15, -0.1) is 11.3 Å². The van der Waals surface area contributed by atoms with Crippen molar-refractivity contribution in [2.75, 3.05) is 13.3 Å². The highest BCUT2D eigenvalue weighted by atomic mass is 32.2. The number of hydrogen-bond acceptors (Lipinski definition) is 7. The predicted octanol–water partition coefficient (Wildman–Crippen LogP) is 8.10. The minimum Gasteiger partial charge on any atom is -0.481 e. The molecule has 6 aromatic rings. The van der Waals surface area contributed by atoms with Gasteiger partial charge in [0.2, 0.25) is 0 Å². The maximum Gasteiger partial charge on any atom is 0.303 e. The zero-order chi connectivity index (χ0) is 34.2. The lowest BCUT2D eigenvalue weighted by Gasteiger charge is -2.18. The number of aryl methyl sites for hydroxylation is 2. The fraction of sp³-hybridized carbons (Fsp3) is 0.167. The molecule has 0 atom stereocenters. The number of halogens is 1. The summed E-state index contributed by atoms with van der Waals surface area (Å²) in [5.41, 5.74) is 4.53. The molecule has 4 aromatic carbocycles. The van der Waals surface area contributed by atoms with E-state index in [1.807, 2.05) is 42.6 Å². The van der Waals surface area contributed by atoms with Gasteiger partial charge in [-0.1, -0.05) is 54.1 Å². The molecule has 0 bridgehead atoms. The molecular formula is C36H32FN2O6PS2. The smallest absolute Gasteiger partial charge is 0.303 e. The molecule has 0 amide bonds. The molecule has 0 aliphatic carbocycles. The second kappa shape index (κ2) is 13.1. The molecule has 2 heterocycles. The summed E-state index contributed by atoms with van der Waals surface area (Å²) in [6, 6.07) is 23.8. The molecule has 0 radical (unpaired) electrons. The molecule has 0 unspecified atom stereocenters. The maximum atomic E-state index is 16.0. The SMILES string of the molecule is Cc1ccc(S(=O)(=O)n2ccc3c(P(C)(C)=O)c(Oc4cccc(-c5nc(Cc6cccc(CCC(=O)O)c6)cs5)c4)c(F)cc32)cc1. The summed E-state index contributed by atoms with van der Waals surface area (Å²) in [7, 11) is -7.27. The minimum absolute atomic E-state index is 0.0514. The van der Waals surface area contributed by atoms with Crippen molar-refractivity contribution in [3.63, 3.8) is 0 Å². The van der Waals surface area contributed by atoms with Gasteiger partial charge in [0.25, 0.3) is 10.0 Å². The van der Waals surface area contributed by atoms with E-state index in [1.54, 1.807) is 30.3 Å². The monoisotopic (exact) mass is 702 g/mol. The molecule has 12 heteroatoms. The molecule has 0 aliphatic rings. The highest BCUT2D eigenvalue weighted by molar-refractivity contribution is 7.90. The van der Waals surface area contributed by atoms with E-state index in [1.165, 1.54) is 49.1 Å². The molecule has 0 fully saturated rings. The summed E-state index contributed by atoms with van der Waals surface area (Å²) in [6.45, 7) is 4.84. The number of carbonyl (C=O) groups is 1. The average molecular weight is 703 g/mol. The molecule has 6 rings (SSSR count). The Hall–Kier alpha value is -4.57. The maximum absolute atomic E-state index is 16.0. The van der Waals surface area contributed by atoms with Crippen LogP contribution in [0.15, 0.2) is 101 Å². The first-order valence-corrected chi connectivity index (χ1v) is 20.0. The first kappa shape index (κ1) is 33.3. The standard InChI is InChI=1S/C36H32FN2O6PS2/c1-23-10-13-29(14-11-23)48(43,44)39-17-16-30-32(39)21-31(37)34(35(30)46(2,3)42)45-28-9-5-8-26(20-28)36-38-27(22-47-36)19-25-7-4-6-24(18-25)12-15-33(40)41/h4-11,13-14,16-18,20-22H,12,15,19H2,1-3H3,(H,40,41). The number of aliphatic carboxylic acids is 1. The van der Waals surface area contributed by atoms with E-state index < -0.39 is 29.0 Å². The Balaban J connectivity index is 1.30. The average Bonchev–Trinajstić information content (AvgIpc) is 3.68. The normalized spacial score (nSPS) is 12.0. The van der Waals surface area contributed by atoms with Crippen molar-refractivity contribution < 1.29 is 32.0 Å². The number of hydrogen-bond donors (Lipinski definition) is 1. The lowest BCUT2D eigenvalue weighted by atomic mass is 10.0. The zero-order valence-corrected chi connectivity index (χ0v) is 28.9. The van der Waals surface area contributed by atoms with Gasteiger partial charge >= 0.3 is 5.97 Å². The van der Waals surface area contributed by atoms with Gasteiger partial charge in [0.1, 0.15) is 17.9 Å². The quantitative estimate of drug-likeness (QED) is 0.136. The fourth-order valence-electron chi connectivity index (χ4n) is 5.54. The lowest BCUT2D eigenvalue weighted by molar-refractivity contribution is -0.136. The van der Waals surface area contributed by atoms with Gasteiger partial charge in [0.05, 0.1) is 21.4 Å². The Kier molecular flexibility index (Phi) is 9.13. The largest absolute Gasteiger partial charge is 0.481 e. The topological polar surface area (TPSA) is 116 Å². The molecule has 48 heavy (non-hydrogen) atoms. The van der Waals surface area contributed by atoms with Crippen LogP contribution in [0.3, 0.4) is 0 Å². The second-order valence-electron chi connectivity index (χ2n) is 11.9. The van der Waals surface area contributed by atoms with Crippen LogP contribution < -0.4 is 10.0 Å². The third kappa shape index (κ3) is 6.99. The molecular weight excluding hydrogens is 671 g/mol. The minimum atomic E-state index is -4.06. The Morgan fingerprint density at radius 2 is 1.73 bits per heavy atom. The molecule has 246 valence electrons. The van der Waals surface area contributed by atoms with E-state index >= 15 is 4.39 Å². The van der Waals surface area contributed by atoms with Crippen LogP contribution in [-0.4, -0.2) is 41.8 Å². The highest BCUT2D eigenvalue weighted by Crippen LogP contribution is 2.45. The Morgan fingerprint density at radius 1 is 1.00 bits per heavy atom. The summed E-state index contributed by atoms with van der Waals surface area (Å²) in [5, 5.41) is 12.1. The van der Waals surface area contributed by atoms with E-state index in [0.29, 0.717) is 24.0 Å². The summed E-state index contributed by atoms with van der Waals surface area (Å²) in [5.74, 6) is -1.60. The van der Waals surface area contributed by atoms with Crippen molar-refractivity contribution >= 4 is 50.7 Å². The Morgan fingerprint density at radius 3 is 2.46 bits per heavy atom. The fourth-order valence-corrected chi connectivity index (χ4v) is 9.11. The van der Waals surface area contributed by atoms with Crippen LogP contribution in [0.25, 0.3) is 21.5 Å². The van der Waals surface area contributed by atoms with Crippen LogP contribution >= 0.6 is 18.5 Å². The third-order valence-electron chi connectivity index (χ3n) is 7.81. The predicted molar refractivity (Wildman–Crippen MR) is 188 cm³/mol. The van der Waals surface area contributed by atoms with E-state index in [0.717, 1.165) is 43.0 Å². The highest BCUT2D eigenvalue weighted by Gasteiger charge is 2.29. The lowest BCUT2D eigenvalue weighted by Crippen LogP contribution is -2.14. The first-order chi connectivity index (χ1) is 22.8.